The maximum Gasteiger partial charge on any atom is 0.344 e. The number of carbonyl (C=O) groups excluding carboxylic acids is 2. The molecule has 0 heterocycles. The van der Waals surface area contributed by atoms with Gasteiger partial charge in [0.2, 0.25) is 0 Å². The summed E-state index contributed by atoms with van der Waals surface area (Å²) in [6, 6.07) is 0. The van der Waals surface area contributed by atoms with Crippen LogP contribution in [-0.2, 0) is 23.9 Å². The summed E-state index contributed by atoms with van der Waals surface area (Å²) in [5, 5.41) is 8.30. The molecule has 6 nitrogen and oxygen atoms in total. The van der Waals surface area contributed by atoms with Crippen molar-refractivity contribution in [3.63, 3.8) is 0 Å². The van der Waals surface area contributed by atoms with Gasteiger partial charge in [0.05, 0.1) is 6.61 Å². The lowest BCUT2D eigenvalue weighted by molar-refractivity contribution is -0.157. The minimum atomic E-state index is -1.26. The van der Waals surface area contributed by atoms with Crippen molar-refractivity contribution in [3.05, 3.63) is 12.2 Å². The maximum atomic E-state index is 11.3. The second-order valence-electron chi connectivity index (χ2n) is 4.38. The van der Waals surface area contributed by atoms with Gasteiger partial charge in [-0.1, -0.05) is 33.1 Å². The van der Waals surface area contributed by atoms with E-state index in [2.05, 4.69) is 11.7 Å². The first-order chi connectivity index (χ1) is 9.49. The van der Waals surface area contributed by atoms with Crippen molar-refractivity contribution in [1.29, 1.82) is 0 Å². The quantitative estimate of drug-likeness (QED) is 0.487. The van der Waals surface area contributed by atoms with Crippen molar-refractivity contribution < 1.29 is 29.0 Å². The number of rotatable bonds is 10. The van der Waals surface area contributed by atoms with Crippen LogP contribution in [0.4, 0.5) is 0 Å². The number of esters is 2. The highest BCUT2D eigenvalue weighted by molar-refractivity contribution is 5.91. The van der Waals surface area contributed by atoms with Crippen LogP contribution in [-0.4, -0.2) is 36.2 Å². The van der Waals surface area contributed by atoms with Gasteiger partial charge >= 0.3 is 17.9 Å². The van der Waals surface area contributed by atoms with Crippen LogP contribution in [0.5, 0.6) is 0 Å². The highest BCUT2D eigenvalue weighted by Gasteiger charge is 2.11. The molecule has 0 amide bonds. The lowest BCUT2D eigenvalue weighted by Crippen LogP contribution is -2.19. The SMILES string of the molecule is CCCCC(CC)COC(=O)COC(=O)/C=C/C(=O)O. The van der Waals surface area contributed by atoms with E-state index in [1.54, 1.807) is 0 Å². The van der Waals surface area contributed by atoms with Crippen LogP contribution in [0.15, 0.2) is 12.2 Å². The summed E-state index contributed by atoms with van der Waals surface area (Å²) in [6.07, 6.45) is 5.50. The molecule has 0 aromatic heterocycles. The summed E-state index contributed by atoms with van der Waals surface area (Å²) in [4.78, 5) is 32.5. The summed E-state index contributed by atoms with van der Waals surface area (Å²) in [5.74, 6) is -2.45. The van der Waals surface area contributed by atoms with Crippen molar-refractivity contribution in [2.75, 3.05) is 13.2 Å². The van der Waals surface area contributed by atoms with E-state index in [0.717, 1.165) is 31.8 Å². The molecule has 0 rings (SSSR count). The summed E-state index contributed by atoms with van der Waals surface area (Å²) in [6.45, 7) is 3.94. The van der Waals surface area contributed by atoms with Crippen molar-refractivity contribution in [2.24, 2.45) is 5.92 Å². The molecule has 0 aliphatic heterocycles. The van der Waals surface area contributed by atoms with E-state index >= 15 is 0 Å². The van der Waals surface area contributed by atoms with Crippen molar-refractivity contribution >= 4 is 17.9 Å². The van der Waals surface area contributed by atoms with Gasteiger partial charge in [-0.2, -0.15) is 0 Å². The number of hydrogen-bond donors (Lipinski definition) is 1. The topological polar surface area (TPSA) is 89.9 Å². The Kier molecular flexibility index (Phi) is 10.00. The van der Waals surface area contributed by atoms with Crippen LogP contribution >= 0.6 is 0 Å². The Labute approximate surface area is 118 Å². The first-order valence-corrected chi connectivity index (χ1v) is 6.72. The molecule has 0 aliphatic carbocycles. The molecule has 1 N–H and O–H groups in total. The number of unbranched alkanes of at least 4 members (excludes halogenated alkanes) is 1. The molecule has 0 aromatic rings. The first kappa shape index (κ1) is 18.1. The summed E-state index contributed by atoms with van der Waals surface area (Å²) < 4.78 is 9.55. The normalized spacial score (nSPS) is 12.1. The molecule has 0 radical (unpaired) electrons. The number of aliphatic carboxylic acids is 1. The maximum absolute atomic E-state index is 11.3. The van der Waals surface area contributed by atoms with E-state index < -0.39 is 24.5 Å². The molecular formula is C14H22O6. The Balaban J connectivity index is 3.87. The Bertz CT molecular complexity index is 348. The fourth-order valence-electron chi connectivity index (χ4n) is 1.47. The van der Waals surface area contributed by atoms with Crippen LogP contribution in [0.25, 0.3) is 0 Å². The third-order valence-electron chi connectivity index (χ3n) is 2.72. The molecule has 0 spiro atoms. The highest BCUT2D eigenvalue weighted by Crippen LogP contribution is 2.12. The minimum Gasteiger partial charge on any atom is -0.478 e. The van der Waals surface area contributed by atoms with Gasteiger partial charge in [-0.05, 0) is 12.3 Å². The van der Waals surface area contributed by atoms with E-state index in [-0.39, 0.29) is 0 Å². The average Bonchev–Trinajstić information content (AvgIpc) is 2.43. The minimum absolute atomic E-state index is 0.317. The molecule has 114 valence electrons. The predicted molar refractivity (Wildman–Crippen MR) is 72.0 cm³/mol. The van der Waals surface area contributed by atoms with Gasteiger partial charge < -0.3 is 14.6 Å². The monoisotopic (exact) mass is 286 g/mol. The molecule has 0 aliphatic rings. The molecule has 1 unspecified atom stereocenters. The van der Waals surface area contributed by atoms with Crippen LogP contribution in [0, 0.1) is 5.92 Å². The van der Waals surface area contributed by atoms with Gasteiger partial charge in [-0.15, -0.1) is 0 Å². The van der Waals surface area contributed by atoms with Crippen molar-refractivity contribution in [1.82, 2.24) is 0 Å². The smallest absolute Gasteiger partial charge is 0.344 e. The number of carbonyl (C=O) groups is 3. The predicted octanol–water partition coefficient (Wildman–Crippen LogP) is 1.93. The van der Waals surface area contributed by atoms with E-state index in [4.69, 9.17) is 9.84 Å². The zero-order valence-electron chi connectivity index (χ0n) is 12.0. The lowest BCUT2D eigenvalue weighted by atomic mass is 10.0. The first-order valence-electron chi connectivity index (χ1n) is 6.72. The van der Waals surface area contributed by atoms with E-state index in [0.29, 0.717) is 18.6 Å². The summed E-state index contributed by atoms with van der Waals surface area (Å²) in [5.41, 5.74) is 0. The molecule has 1 atom stereocenters. The van der Waals surface area contributed by atoms with E-state index in [9.17, 15) is 14.4 Å². The van der Waals surface area contributed by atoms with Gasteiger partial charge in [-0.3, -0.25) is 0 Å². The van der Waals surface area contributed by atoms with Gasteiger partial charge in [0.1, 0.15) is 0 Å². The van der Waals surface area contributed by atoms with Crippen LogP contribution in [0.1, 0.15) is 39.5 Å². The van der Waals surface area contributed by atoms with Gasteiger partial charge in [0, 0.05) is 12.2 Å². The van der Waals surface area contributed by atoms with E-state index in [1.807, 2.05) is 6.92 Å². The van der Waals surface area contributed by atoms with Crippen molar-refractivity contribution in [2.45, 2.75) is 39.5 Å². The number of carboxylic acid groups (broad SMARTS) is 1. The second kappa shape index (κ2) is 11.0. The molecule has 0 saturated carbocycles. The average molecular weight is 286 g/mol. The molecule has 6 heteroatoms. The Hall–Kier alpha value is -1.85. The Morgan fingerprint density at radius 2 is 1.85 bits per heavy atom. The number of hydrogen-bond acceptors (Lipinski definition) is 5. The fourth-order valence-corrected chi connectivity index (χ4v) is 1.47. The lowest BCUT2D eigenvalue weighted by Gasteiger charge is -2.14. The molecule has 20 heavy (non-hydrogen) atoms. The number of ether oxygens (including phenoxy) is 2. The Morgan fingerprint density at radius 3 is 2.40 bits per heavy atom. The van der Waals surface area contributed by atoms with Gasteiger partial charge in [0.25, 0.3) is 0 Å². The van der Waals surface area contributed by atoms with Gasteiger partial charge in [0.15, 0.2) is 6.61 Å². The third-order valence-corrected chi connectivity index (χ3v) is 2.72. The van der Waals surface area contributed by atoms with Gasteiger partial charge in [-0.25, -0.2) is 14.4 Å². The van der Waals surface area contributed by atoms with Crippen LogP contribution in [0.3, 0.4) is 0 Å². The summed E-state index contributed by atoms with van der Waals surface area (Å²) >= 11 is 0. The largest absolute Gasteiger partial charge is 0.478 e. The molecule has 0 aromatic carbocycles. The number of carboxylic acids is 1. The standard InChI is InChI=1S/C14H22O6/c1-3-5-6-11(4-2)9-19-14(18)10-20-13(17)8-7-12(15)16/h7-8,11H,3-6,9-10H2,1-2H3,(H,15,16)/b8-7+. The second-order valence-corrected chi connectivity index (χ2v) is 4.38. The Morgan fingerprint density at radius 1 is 1.15 bits per heavy atom. The van der Waals surface area contributed by atoms with Crippen LogP contribution in [0.2, 0.25) is 0 Å². The van der Waals surface area contributed by atoms with Crippen LogP contribution < -0.4 is 0 Å². The summed E-state index contributed by atoms with van der Waals surface area (Å²) in [7, 11) is 0. The molecule has 0 saturated heterocycles. The zero-order valence-corrected chi connectivity index (χ0v) is 12.0. The van der Waals surface area contributed by atoms with Crippen molar-refractivity contribution in [3.8, 4) is 0 Å². The molecule has 0 fully saturated rings. The highest BCUT2D eigenvalue weighted by atomic mass is 16.6. The fraction of sp³-hybridized carbons (Fsp3) is 0.643. The molecular weight excluding hydrogens is 264 g/mol. The van der Waals surface area contributed by atoms with E-state index in [1.165, 1.54) is 0 Å². The third kappa shape index (κ3) is 10.1. The molecule has 0 bridgehead atoms. The zero-order chi connectivity index (χ0) is 15.4.